The molecule has 0 amide bonds. The van der Waals surface area contributed by atoms with Gasteiger partial charge in [0.1, 0.15) is 5.78 Å². The number of nitrogens with one attached hydrogen (secondary N) is 1. The number of halogens is 1. The van der Waals surface area contributed by atoms with Crippen LogP contribution in [0.25, 0.3) is 0 Å². The van der Waals surface area contributed by atoms with Crippen LogP contribution in [0.1, 0.15) is 26.7 Å². The second-order valence-corrected chi connectivity index (χ2v) is 3.81. The summed E-state index contributed by atoms with van der Waals surface area (Å²) in [5, 5.41) is 3.06. The summed E-state index contributed by atoms with van der Waals surface area (Å²) >= 11 is 0. The molecule has 0 atom stereocenters. The van der Waals surface area contributed by atoms with Crippen molar-refractivity contribution in [2.45, 2.75) is 26.7 Å². The number of hydrogen-bond acceptors (Lipinski definition) is 3. The van der Waals surface area contributed by atoms with Crippen molar-refractivity contribution < 1.29 is 13.9 Å². The highest BCUT2D eigenvalue weighted by Crippen LogP contribution is 2.21. The van der Waals surface area contributed by atoms with E-state index in [9.17, 15) is 9.18 Å². The fraction of sp³-hybridized carbons (Fsp3) is 0.462. The highest BCUT2D eigenvalue weighted by molar-refractivity contribution is 5.75. The third kappa shape index (κ3) is 4.85. The highest BCUT2D eigenvalue weighted by atomic mass is 19.1. The average molecular weight is 239 g/mol. The van der Waals surface area contributed by atoms with Crippen LogP contribution in [0.4, 0.5) is 10.1 Å². The molecule has 0 spiro atoms. The normalized spacial score (nSPS) is 10.1. The molecule has 0 aliphatic heterocycles. The summed E-state index contributed by atoms with van der Waals surface area (Å²) in [5.74, 6) is 0.0647. The SMILES string of the molecule is CCOc1ccc(NCCCC(C)=O)cc1F. The predicted octanol–water partition coefficient (Wildman–Crippen LogP) is 3.01. The largest absolute Gasteiger partial charge is 0.491 e. The Morgan fingerprint density at radius 3 is 2.82 bits per heavy atom. The molecule has 0 unspecified atom stereocenters. The van der Waals surface area contributed by atoms with Crippen LogP contribution in [-0.2, 0) is 4.79 Å². The first kappa shape index (κ1) is 13.5. The molecule has 1 aromatic rings. The van der Waals surface area contributed by atoms with Gasteiger partial charge in [0.15, 0.2) is 11.6 Å². The zero-order valence-electron chi connectivity index (χ0n) is 10.3. The van der Waals surface area contributed by atoms with E-state index in [1.165, 1.54) is 6.07 Å². The maximum Gasteiger partial charge on any atom is 0.167 e. The monoisotopic (exact) mass is 239 g/mol. The number of rotatable bonds is 7. The molecule has 1 N–H and O–H groups in total. The van der Waals surface area contributed by atoms with Crippen molar-refractivity contribution in [2.75, 3.05) is 18.5 Å². The van der Waals surface area contributed by atoms with Crippen LogP contribution < -0.4 is 10.1 Å². The molecular weight excluding hydrogens is 221 g/mol. The van der Waals surface area contributed by atoms with Crippen LogP contribution >= 0.6 is 0 Å². The van der Waals surface area contributed by atoms with Crippen LogP contribution in [0, 0.1) is 5.82 Å². The Morgan fingerprint density at radius 1 is 1.47 bits per heavy atom. The third-order valence-corrected chi connectivity index (χ3v) is 2.27. The van der Waals surface area contributed by atoms with E-state index >= 15 is 0 Å². The minimum absolute atomic E-state index is 0.171. The van der Waals surface area contributed by atoms with Crippen molar-refractivity contribution in [1.82, 2.24) is 0 Å². The van der Waals surface area contributed by atoms with Gasteiger partial charge in [0, 0.05) is 24.7 Å². The zero-order valence-corrected chi connectivity index (χ0v) is 10.3. The Kier molecular flexibility index (Phi) is 5.46. The maximum atomic E-state index is 13.5. The molecule has 0 heterocycles. The van der Waals surface area contributed by atoms with Crippen molar-refractivity contribution in [2.24, 2.45) is 0 Å². The minimum atomic E-state index is -0.372. The van der Waals surface area contributed by atoms with Gasteiger partial charge in [-0.2, -0.15) is 0 Å². The lowest BCUT2D eigenvalue weighted by molar-refractivity contribution is -0.117. The van der Waals surface area contributed by atoms with Gasteiger partial charge in [-0.3, -0.25) is 0 Å². The van der Waals surface area contributed by atoms with Gasteiger partial charge in [0.2, 0.25) is 0 Å². The van der Waals surface area contributed by atoms with Gasteiger partial charge in [-0.15, -0.1) is 0 Å². The Bertz CT molecular complexity index is 380. The smallest absolute Gasteiger partial charge is 0.167 e. The van der Waals surface area contributed by atoms with Crippen LogP contribution in [0.15, 0.2) is 18.2 Å². The molecule has 4 heteroatoms. The van der Waals surface area contributed by atoms with Crippen LogP contribution in [-0.4, -0.2) is 18.9 Å². The quantitative estimate of drug-likeness (QED) is 0.743. The lowest BCUT2D eigenvalue weighted by Crippen LogP contribution is -2.04. The fourth-order valence-corrected chi connectivity index (χ4v) is 1.45. The van der Waals surface area contributed by atoms with Gasteiger partial charge < -0.3 is 14.8 Å². The number of benzene rings is 1. The van der Waals surface area contributed by atoms with Crippen LogP contribution in [0.2, 0.25) is 0 Å². The van der Waals surface area contributed by atoms with Crippen molar-refractivity contribution >= 4 is 11.5 Å². The predicted molar refractivity (Wildman–Crippen MR) is 66.0 cm³/mol. The molecule has 3 nitrogen and oxygen atoms in total. The molecule has 94 valence electrons. The van der Waals surface area contributed by atoms with E-state index in [1.807, 2.05) is 6.92 Å². The van der Waals surface area contributed by atoms with Crippen molar-refractivity contribution in [1.29, 1.82) is 0 Å². The van der Waals surface area contributed by atoms with Gasteiger partial charge in [-0.25, -0.2) is 4.39 Å². The molecule has 0 aromatic heterocycles. The Balaban J connectivity index is 2.44. The van der Waals surface area contributed by atoms with Gasteiger partial charge in [0.05, 0.1) is 6.61 Å². The van der Waals surface area contributed by atoms with E-state index in [1.54, 1.807) is 19.1 Å². The molecule has 1 rings (SSSR count). The molecule has 0 aliphatic rings. The summed E-state index contributed by atoms with van der Waals surface area (Å²) in [5.41, 5.74) is 0.703. The lowest BCUT2D eigenvalue weighted by Gasteiger charge is -2.08. The van der Waals surface area contributed by atoms with Gasteiger partial charge in [0.25, 0.3) is 0 Å². The van der Waals surface area contributed by atoms with E-state index in [2.05, 4.69) is 5.32 Å². The van der Waals surface area contributed by atoms with Crippen molar-refractivity contribution in [3.8, 4) is 5.75 Å². The second-order valence-electron chi connectivity index (χ2n) is 3.81. The zero-order chi connectivity index (χ0) is 12.7. The highest BCUT2D eigenvalue weighted by Gasteiger charge is 2.03. The summed E-state index contributed by atoms with van der Waals surface area (Å²) < 4.78 is 18.6. The first-order chi connectivity index (χ1) is 8.13. The van der Waals surface area contributed by atoms with Crippen molar-refractivity contribution in [3.05, 3.63) is 24.0 Å². The van der Waals surface area contributed by atoms with Gasteiger partial charge in [-0.1, -0.05) is 0 Å². The summed E-state index contributed by atoms with van der Waals surface area (Å²) in [7, 11) is 0. The van der Waals surface area contributed by atoms with Crippen LogP contribution in [0.5, 0.6) is 5.75 Å². The molecule has 0 saturated heterocycles. The molecule has 0 saturated carbocycles. The number of Topliss-reactive ketones (excluding diaryl/α,β-unsaturated/α-hetero) is 1. The fourth-order valence-electron chi connectivity index (χ4n) is 1.45. The summed E-state index contributed by atoms with van der Waals surface area (Å²) in [6, 6.07) is 4.77. The molecule has 17 heavy (non-hydrogen) atoms. The number of carbonyl (C=O) groups is 1. The second kappa shape index (κ2) is 6.89. The Morgan fingerprint density at radius 2 is 2.24 bits per heavy atom. The van der Waals surface area contributed by atoms with Crippen molar-refractivity contribution in [3.63, 3.8) is 0 Å². The third-order valence-electron chi connectivity index (χ3n) is 2.27. The Hall–Kier alpha value is -1.58. The number of hydrogen-bond donors (Lipinski definition) is 1. The molecule has 0 bridgehead atoms. The topological polar surface area (TPSA) is 38.3 Å². The first-order valence-electron chi connectivity index (χ1n) is 5.79. The number of ether oxygens (including phenoxy) is 1. The maximum absolute atomic E-state index is 13.5. The standard InChI is InChI=1S/C13H18FNO2/c1-3-17-13-7-6-11(9-12(13)14)15-8-4-5-10(2)16/h6-7,9,15H,3-5,8H2,1-2H3. The minimum Gasteiger partial charge on any atom is -0.491 e. The summed E-state index contributed by atoms with van der Waals surface area (Å²) in [6.45, 7) is 4.49. The van der Waals surface area contributed by atoms with Crippen LogP contribution in [0.3, 0.4) is 0 Å². The van der Waals surface area contributed by atoms with E-state index < -0.39 is 0 Å². The van der Waals surface area contributed by atoms with Gasteiger partial charge in [-0.05, 0) is 32.4 Å². The van der Waals surface area contributed by atoms with Gasteiger partial charge >= 0.3 is 0 Å². The molecule has 0 radical (unpaired) electrons. The molecule has 1 aromatic carbocycles. The van der Waals surface area contributed by atoms with E-state index in [4.69, 9.17) is 4.74 Å². The van der Waals surface area contributed by atoms with E-state index in [0.717, 1.165) is 6.42 Å². The lowest BCUT2D eigenvalue weighted by atomic mass is 10.2. The number of anilines is 1. The molecule has 0 aliphatic carbocycles. The van der Waals surface area contributed by atoms with E-state index in [-0.39, 0.29) is 17.3 Å². The number of carbonyl (C=O) groups excluding carboxylic acids is 1. The molecule has 0 fully saturated rings. The Labute approximate surface area is 101 Å². The first-order valence-corrected chi connectivity index (χ1v) is 5.79. The summed E-state index contributed by atoms with van der Waals surface area (Å²) in [6.07, 6.45) is 1.30. The summed E-state index contributed by atoms with van der Waals surface area (Å²) in [4.78, 5) is 10.7. The number of ketones is 1. The van der Waals surface area contributed by atoms with E-state index in [0.29, 0.717) is 25.3 Å². The molecular formula is C13H18FNO2. The average Bonchev–Trinajstić information content (AvgIpc) is 2.28.